The van der Waals surface area contributed by atoms with Gasteiger partial charge in [0, 0.05) is 23.4 Å². The van der Waals surface area contributed by atoms with Gasteiger partial charge >= 0.3 is 0 Å². The lowest BCUT2D eigenvalue weighted by atomic mass is 9.81. The van der Waals surface area contributed by atoms with Crippen LogP contribution < -0.4 is 0 Å². The van der Waals surface area contributed by atoms with Gasteiger partial charge in [-0.05, 0) is 53.3 Å². The molecule has 0 unspecified atom stereocenters. The minimum absolute atomic E-state index is 0.0293. The normalized spacial score (nSPS) is 22.1. The smallest absolute Gasteiger partial charge is 0.128 e. The van der Waals surface area contributed by atoms with Crippen molar-refractivity contribution in [3.05, 3.63) is 70.9 Å². The van der Waals surface area contributed by atoms with Gasteiger partial charge in [0.15, 0.2) is 0 Å². The summed E-state index contributed by atoms with van der Waals surface area (Å²) in [6.07, 6.45) is 1.03. The second-order valence-electron chi connectivity index (χ2n) is 6.89. The van der Waals surface area contributed by atoms with Crippen molar-refractivity contribution in [3.63, 3.8) is 0 Å². The second-order valence-corrected chi connectivity index (χ2v) is 7.81. The lowest BCUT2D eigenvalue weighted by Crippen LogP contribution is -2.38. The summed E-state index contributed by atoms with van der Waals surface area (Å²) in [5, 5.41) is 3.25. The SMILES string of the molecule is C[C@@H]1CN(Cc2ccccc2)CC[C@@H]1c1c(F)ccc2ccsc12. The third-order valence-electron chi connectivity index (χ3n) is 5.22. The molecule has 0 amide bonds. The molecule has 1 aliphatic heterocycles. The van der Waals surface area contributed by atoms with E-state index in [1.807, 2.05) is 6.07 Å². The van der Waals surface area contributed by atoms with Crippen molar-refractivity contribution < 1.29 is 4.39 Å². The first-order valence-electron chi connectivity index (χ1n) is 8.64. The molecular formula is C21H22FNS. The molecule has 1 saturated heterocycles. The maximum absolute atomic E-state index is 14.6. The van der Waals surface area contributed by atoms with Gasteiger partial charge in [-0.2, -0.15) is 0 Å². The van der Waals surface area contributed by atoms with E-state index >= 15 is 0 Å². The Hall–Kier alpha value is -1.71. The first kappa shape index (κ1) is 15.8. The van der Waals surface area contributed by atoms with Crippen molar-refractivity contribution >= 4 is 21.4 Å². The van der Waals surface area contributed by atoms with Crippen LogP contribution in [0.1, 0.15) is 30.4 Å². The summed E-state index contributed by atoms with van der Waals surface area (Å²) >= 11 is 1.67. The Bertz CT molecular complexity index is 826. The second kappa shape index (κ2) is 6.66. The maximum Gasteiger partial charge on any atom is 0.128 e. The van der Waals surface area contributed by atoms with Crippen molar-refractivity contribution in [2.45, 2.75) is 25.8 Å². The number of benzene rings is 2. The van der Waals surface area contributed by atoms with Crippen LogP contribution in [0.15, 0.2) is 53.9 Å². The zero-order valence-corrected chi connectivity index (χ0v) is 14.7. The molecular weight excluding hydrogens is 317 g/mol. The van der Waals surface area contributed by atoms with Crippen LogP contribution >= 0.6 is 11.3 Å². The Labute approximate surface area is 146 Å². The predicted octanol–water partition coefficient (Wildman–Crippen LogP) is 5.67. The first-order chi connectivity index (χ1) is 11.7. The summed E-state index contributed by atoms with van der Waals surface area (Å²) in [6.45, 7) is 5.32. The average molecular weight is 339 g/mol. The van der Waals surface area contributed by atoms with Gasteiger partial charge in [-0.15, -0.1) is 11.3 Å². The van der Waals surface area contributed by atoms with Crippen LogP contribution in [0.4, 0.5) is 4.39 Å². The molecule has 3 heteroatoms. The van der Waals surface area contributed by atoms with Crippen LogP contribution in [0.25, 0.3) is 10.1 Å². The summed E-state index contributed by atoms with van der Waals surface area (Å²) in [5.74, 6) is 0.752. The summed E-state index contributed by atoms with van der Waals surface area (Å²) < 4.78 is 15.7. The molecule has 1 aliphatic rings. The zero-order valence-electron chi connectivity index (χ0n) is 13.9. The number of thiophene rings is 1. The van der Waals surface area contributed by atoms with Gasteiger partial charge in [0.05, 0.1) is 0 Å². The Morgan fingerprint density at radius 3 is 2.75 bits per heavy atom. The number of piperidine rings is 1. The van der Waals surface area contributed by atoms with Crippen LogP contribution in [0.3, 0.4) is 0 Å². The molecule has 0 bridgehead atoms. The van der Waals surface area contributed by atoms with Crippen molar-refractivity contribution in [1.82, 2.24) is 4.90 Å². The number of hydrogen-bond donors (Lipinski definition) is 0. The molecule has 1 nitrogen and oxygen atoms in total. The van der Waals surface area contributed by atoms with Crippen LogP contribution in [0, 0.1) is 11.7 Å². The first-order valence-corrected chi connectivity index (χ1v) is 9.52. The molecule has 3 aromatic rings. The van der Waals surface area contributed by atoms with E-state index < -0.39 is 0 Å². The topological polar surface area (TPSA) is 3.24 Å². The highest BCUT2D eigenvalue weighted by atomic mass is 32.1. The van der Waals surface area contributed by atoms with E-state index in [1.54, 1.807) is 17.4 Å². The van der Waals surface area contributed by atoms with Crippen LogP contribution in [0.5, 0.6) is 0 Å². The maximum atomic E-state index is 14.6. The lowest BCUT2D eigenvalue weighted by Gasteiger charge is -2.37. The highest BCUT2D eigenvalue weighted by molar-refractivity contribution is 7.17. The molecule has 0 radical (unpaired) electrons. The number of fused-ring (bicyclic) bond motifs is 1. The quantitative estimate of drug-likeness (QED) is 0.594. The van der Waals surface area contributed by atoms with Crippen molar-refractivity contribution in [3.8, 4) is 0 Å². The van der Waals surface area contributed by atoms with Crippen molar-refractivity contribution in [2.24, 2.45) is 5.92 Å². The summed E-state index contributed by atoms with van der Waals surface area (Å²) in [4.78, 5) is 2.50. The van der Waals surface area contributed by atoms with Gasteiger partial charge in [0.2, 0.25) is 0 Å². The van der Waals surface area contributed by atoms with E-state index in [0.717, 1.165) is 36.3 Å². The van der Waals surface area contributed by atoms with E-state index in [1.165, 1.54) is 10.9 Å². The fourth-order valence-corrected chi connectivity index (χ4v) is 5.02. The molecule has 2 heterocycles. The van der Waals surface area contributed by atoms with E-state index in [9.17, 15) is 4.39 Å². The average Bonchev–Trinajstić information content (AvgIpc) is 3.05. The van der Waals surface area contributed by atoms with Gasteiger partial charge < -0.3 is 0 Å². The number of likely N-dealkylation sites (tertiary alicyclic amines) is 1. The van der Waals surface area contributed by atoms with Crippen molar-refractivity contribution in [1.29, 1.82) is 0 Å². The van der Waals surface area contributed by atoms with Gasteiger partial charge in [0.25, 0.3) is 0 Å². The molecule has 0 N–H and O–H groups in total. The molecule has 0 aliphatic carbocycles. The predicted molar refractivity (Wildman–Crippen MR) is 100 cm³/mol. The highest BCUT2D eigenvalue weighted by Gasteiger charge is 2.30. The molecule has 1 fully saturated rings. The molecule has 0 spiro atoms. The summed E-state index contributed by atoms with van der Waals surface area (Å²) in [6, 6.07) is 16.3. The standard InChI is InChI=1S/C21H22FNS/c1-15-13-23(14-16-5-3-2-4-6-16)11-9-18(15)20-19(22)8-7-17-10-12-24-21(17)20/h2-8,10,12,15,18H,9,11,13-14H2,1H3/t15-,18+/m1/s1. The van der Waals surface area contributed by atoms with Crippen LogP contribution in [0.2, 0.25) is 0 Å². The Kier molecular flexibility index (Phi) is 4.38. The highest BCUT2D eigenvalue weighted by Crippen LogP contribution is 2.40. The third-order valence-corrected chi connectivity index (χ3v) is 6.18. The van der Waals surface area contributed by atoms with Crippen molar-refractivity contribution in [2.75, 3.05) is 13.1 Å². The van der Waals surface area contributed by atoms with E-state index in [0.29, 0.717) is 11.8 Å². The Balaban J connectivity index is 1.54. The van der Waals surface area contributed by atoms with Gasteiger partial charge in [-0.3, -0.25) is 4.90 Å². The van der Waals surface area contributed by atoms with E-state index in [-0.39, 0.29) is 5.82 Å². The Morgan fingerprint density at radius 1 is 1.12 bits per heavy atom. The van der Waals surface area contributed by atoms with Gasteiger partial charge in [-0.25, -0.2) is 4.39 Å². The van der Waals surface area contributed by atoms with Crippen LogP contribution in [-0.4, -0.2) is 18.0 Å². The fourth-order valence-electron chi connectivity index (χ4n) is 4.02. The summed E-state index contributed by atoms with van der Waals surface area (Å²) in [7, 11) is 0. The molecule has 2 aromatic carbocycles. The monoisotopic (exact) mass is 339 g/mol. The number of hydrogen-bond acceptors (Lipinski definition) is 2. The lowest BCUT2D eigenvalue weighted by molar-refractivity contribution is 0.155. The fraction of sp³-hybridized carbons (Fsp3) is 0.333. The number of rotatable bonds is 3. The number of nitrogens with zero attached hydrogens (tertiary/aromatic N) is 1. The van der Waals surface area contributed by atoms with Gasteiger partial charge in [-0.1, -0.05) is 43.3 Å². The molecule has 1 aromatic heterocycles. The molecule has 0 saturated carbocycles. The number of halogens is 1. The van der Waals surface area contributed by atoms with E-state index in [4.69, 9.17) is 0 Å². The van der Waals surface area contributed by atoms with Crippen LogP contribution in [-0.2, 0) is 6.54 Å². The van der Waals surface area contributed by atoms with E-state index in [2.05, 4.69) is 53.6 Å². The van der Waals surface area contributed by atoms with Gasteiger partial charge in [0.1, 0.15) is 5.82 Å². The minimum atomic E-state index is -0.0293. The molecule has 124 valence electrons. The largest absolute Gasteiger partial charge is 0.299 e. The summed E-state index contributed by atoms with van der Waals surface area (Å²) in [5.41, 5.74) is 2.31. The zero-order chi connectivity index (χ0) is 16.5. The molecule has 4 rings (SSSR count). The minimum Gasteiger partial charge on any atom is -0.299 e. The Morgan fingerprint density at radius 2 is 1.96 bits per heavy atom. The molecule has 24 heavy (non-hydrogen) atoms. The third kappa shape index (κ3) is 2.99. The molecule has 2 atom stereocenters.